The molecule has 7 nitrogen and oxygen atoms in total. The minimum Gasteiger partial charge on any atom is -0.376 e. The Labute approximate surface area is 164 Å². The molecule has 29 heavy (non-hydrogen) atoms. The SMILES string of the molecule is Cc1c(NCC(=O)NC(=O)NCC(F)(F)F)cccc1NC(=O)c1ccccc1. The molecule has 2 aromatic rings. The fourth-order valence-electron chi connectivity index (χ4n) is 2.32. The summed E-state index contributed by atoms with van der Waals surface area (Å²) < 4.78 is 36.1. The average Bonchev–Trinajstić information content (AvgIpc) is 2.67. The standard InChI is InChI=1S/C19H19F3N4O3/c1-12-14(23-10-16(27)26-18(29)24-11-19(20,21)22)8-5-9-15(12)25-17(28)13-6-3-2-4-7-13/h2-9,23H,10-11H2,1H3,(H,25,28)(H2,24,26,27,29). The zero-order valence-electron chi connectivity index (χ0n) is 15.4. The number of amides is 4. The first-order valence-corrected chi connectivity index (χ1v) is 8.50. The largest absolute Gasteiger partial charge is 0.405 e. The summed E-state index contributed by atoms with van der Waals surface area (Å²) in [5.74, 6) is -1.12. The highest BCUT2D eigenvalue weighted by atomic mass is 19.4. The summed E-state index contributed by atoms with van der Waals surface area (Å²) in [5.41, 5.74) is 2.16. The first kappa shape index (κ1) is 21.7. The van der Waals surface area contributed by atoms with E-state index in [0.29, 0.717) is 22.5 Å². The Morgan fingerprint density at radius 1 is 0.931 bits per heavy atom. The van der Waals surface area contributed by atoms with Gasteiger partial charge in [0, 0.05) is 16.9 Å². The predicted octanol–water partition coefficient (Wildman–Crippen LogP) is 3.05. The highest BCUT2D eigenvalue weighted by molar-refractivity contribution is 6.05. The van der Waals surface area contributed by atoms with E-state index in [1.807, 2.05) is 0 Å². The molecule has 4 N–H and O–H groups in total. The number of benzene rings is 2. The normalized spacial score (nSPS) is 10.8. The van der Waals surface area contributed by atoms with E-state index in [4.69, 9.17) is 0 Å². The van der Waals surface area contributed by atoms with Gasteiger partial charge in [-0.3, -0.25) is 14.9 Å². The lowest BCUT2D eigenvalue weighted by molar-refractivity contribution is -0.124. The van der Waals surface area contributed by atoms with Crippen LogP contribution in [0.1, 0.15) is 15.9 Å². The fourth-order valence-corrected chi connectivity index (χ4v) is 2.32. The molecule has 0 radical (unpaired) electrons. The summed E-state index contributed by atoms with van der Waals surface area (Å²) in [6.07, 6.45) is -4.57. The molecule has 0 saturated heterocycles. The molecule has 0 fully saturated rings. The predicted molar refractivity (Wildman–Crippen MR) is 102 cm³/mol. The maximum atomic E-state index is 12.3. The summed E-state index contributed by atoms with van der Waals surface area (Å²) in [7, 11) is 0. The van der Waals surface area contributed by atoms with Crippen LogP contribution in [-0.2, 0) is 4.79 Å². The van der Waals surface area contributed by atoms with E-state index in [1.54, 1.807) is 60.8 Å². The molecule has 0 unspecified atom stereocenters. The number of alkyl halides is 3. The van der Waals surface area contributed by atoms with Crippen LogP contribution in [-0.4, -0.2) is 37.1 Å². The number of urea groups is 1. The second-order valence-corrected chi connectivity index (χ2v) is 6.00. The van der Waals surface area contributed by atoms with E-state index >= 15 is 0 Å². The quantitative estimate of drug-likeness (QED) is 0.590. The van der Waals surface area contributed by atoms with Gasteiger partial charge in [-0.25, -0.2) is 4.79 Å². The first-order valence-electron chi connectivity index (χ1n) is 8.50. The molecule has 0 atom stereocenters. The van der Waals surface area contributed by atoms with Gasteiger partial charge < -0.3 is 16.0 Å². The van der Waals surface area contributed by atoms with E-state index in [0.717, 1.165) is 0 Å². The summed E-state index contributed by atoms with van der Waals surface area (Å²) >= 11 is 0. The third-order valence-electron chi connectivity index (χ3n) is 3.76. The van der Waals surface area contributed by atoms with Gasteiger partial charge in [0.05, 0.1) is 6.54 Å². The average molecular weight is 408 g/mol. The van der Waals surface area contributed by atoms with Crippen molar-refractivity contribution >= 4 is 29.2 Å². The molecule has 0 saturated carbocycles. The topological polar surface area (TPSA) is 99.3 Å². The lowest BCUT2D eigenvalue weighted by Gasteiger charge is -2.14. The van der Waals surface area contributed by atoms with Crippen molar-refractivity contribution < 1.29 is 27.6 Å². The number of imide groups is 1. The molecule has 0 bridgehead atoms. The number of halogens is 3. The highest BCUT2D eigenvalue weighted by Gasteiger charge is 2.27. The van der Waals surface area contributed by atoms with Crippen molar-refractivity contribution in [1.82, 2.24) is 10.6 Å². The van der Waals surface area contributed by atoms with E-state index < -0.39 is 24.7 Å². The van der Waals surface area contributed by atoms with Gasteiger partial charge in [0.1, 0.15) is 6.54 Å². The van der Waals surface area contributed by atoms with Crippen molar-refractivity contribution in [1.29, 1.82) is 0 Å². The number of carbonyl (C=O) groups is 3. The molecule has 0 aliphatic carbocycles. The van der Waals surface area contributed by atoms with Gasteiger partial charge in [0.2, 0.25) is 5.91 Å². The lowest BCUT2D eigenvalue weighted by atomic mass is 10.1. The van der Waals surface area contributed by atoms with E-state index in [9.17, 15) is 27.6 Å². The lowest BCUT2D eigenvalue weighted by Crippen LogP contribution is -2.45. The summed E-state index contributed by atoms with van der Waals surface area (Å²) in [4.78, 5) is 35.3. The Hall–Kier alpha value is -3.56. The van der Waals surface area contributed by atoms with Crippen molar-refractivity contribution in [3.63, 3.8) is 0 Å². The van der Waals surface area contributed by atoms with Crippen LogP contribution in [0.15, 0.2) is 48.5 Å². The molecular weight excluding hydrogens is 389 g/mol. The molecule has 4 amide bonds. The maximum Gasteiger partial charge on any atom is 0.405 e. The Balaban J connectivity index is 1.91. The molecule has 0 aliphatic rings. The van der Waals surface area contributed by atoms with E-state index in [1.165, 1.54) is 5.32 Å². The van der Waals surface area contributed by atoms with Gasteiger partial charge in [-0.05, 0) is 36.8 Å². The smallest absolute Gasteiger partial charge is 0.376 e. The third-order valence-corrected chi connectivity index (χ3v) is 3.76. The monoisotopic (exact) mass is 408 g/mol. The molecule has 2 rings (SSSR count). The summed E-state index contributed by atoms with van der Waals surface area (Å²) in [5, 5.41) is 8.87. The first-order chi connectivity index (χ1) is 13.7. The number of anilines is 2. The van der Waals surface area contributed by atoms with Crippen molar-refractivity contribution in [2.75, 3.05) is 23.7 Å². The highest BCUT2D eigenvalue weighted by Crippen LogP contribution is 2.23. The van der Waals surface area contributed by atoms with Gasteiger partial charge in [-0.2, -0.15) is 13.2 Å². The number of rotatable bonds is 6. The van der Waals surface area contributed by atoms with Crippen LogP contribution >= 0.6 is 0 Å². The van der Waals surface area contributed by atoms with Crippen LogP contribution in [0.2, 0.25) is 0 Å². The van der Waals surface area contributed by atoms with Crippen LogP contribution in [0.4, 0.5) is 29.3 Å². The Kier molecular flexibility index (Phi) is 7.18. The molecule has 154 valence electrons. The minimum absolute atomic E-state index is 0.301. The summed E-state index contributed by atoms with van der Waals surface area (Å²) in [6, 6.07) is 12.4. The number of nitrogens with one attached hydrogen (secondary N) is 4. The molecule has 10 heteroatoms. The third kappa shape index (κ3) is 7.17. The van der Waals surface area contributed by atoms with Gasteiger partial charge in [0.15, 0.2) is 0 Å². The number of hydrogen-bond donors (Lipinski definition) is 4. The minimum atomic E-state index is -4.57. The molecule has 0 aromatic heterocycles. The molecule has 0 aliphatic heterocycles. The fraction of sp³-hybridized carbons (Fsp3) is 0.211. The van der Waals surface area contributed by atoms with Crippen LogP contribution in [0.5, 0.6) is 0 Å². The van der Waals surface area contributed by atoms with Crippen molar-refractivity contribution in [3.8, 4) is 0 Å². The Bertz CT molecular complexity index is 886. The summed E-state index contributed by atoms with van der Waals surface area (Å²) in [6.45, 7) is -0.172. The zero-order chi connectivity index (χ0) is 21.4. The van der Waals surface area contributed by atoms with Gasteiger partial charge >= 0.3 is 12.2 Å². The van der Waals surface area contributed by atoms with Crippen LogP contribution < -0.4 is 21.3 Å². The van der Waals surface area contributed by atoms with Crippen LogP contribution in [0, 0.1) is 6.92 Å². The van der Waals surface area contributed by atoms with Crippen molar-refractivity contribution in [2.24, 2.45) is 0 Å². The number of hydrogen-bond acceptors (Lipinski definition) is 4. The van der Waals surface area contributed by atoms with Gasteiger partial charge in [0.25, 0.3) is 5.91 Å². The van der Waals surface area contributed by atoms with Crippen molar-refractivity contribution in [2.45, 2.75) is 13.1 Å². The van der Waals surface area contributed by atoms with Gasteiger partial charge in [-0.15, -0.1) is 0 Å². The molecular formula is C19H19F3N4O3. The Morgan fingerprint density at radius 3 is 2.24 bits per heavy atom. The van der Waals surface area contributed by atoms with Crippen LogP contribution in [0.25, 0.3) is 0 Å². The second kappa shape index (κ2) is 9.58. The van der Waals surface area contributed by atoms with Crippen LogP contribution in [0.3, 0.4) is 0 Å². The van der Waals surface area contributed by atoms with E-state index in [2.05, 4.69) is 10.6 Å². The maximum absolute atomic E-state index is 12.3. The van der Waals surface area contributed by atoms with Gasteiger partial charge in [-0.1, -0.05) is 24.3 Å². The number of carbonyl (C=O) groups excluding carboxylic acids is 3. The molecule has 0 heterocycles. The second-order valence-electron chi connectivity index (χ2n) is 6.00. The van der Waals surface area contributed by atoms with E-state index in [-0.39, 0.29) is 12.5 Å². The zero-order valence-corrected chi connectivity index (χ0v) is 15.4. The van der Waals surface area contributed by atoms with Crippen molar-refractivity contribution in [3.05, 3.63) is 59.7 Å². The molecule has 2 aromatic carbocycles. The Morgan fingerprint density at radius 2 is 1.59 bits per heavy atom. The molecule has 0 spiro atoms.